The molecule has 0 bridgehead atoms. The smallest absolute Gasteiger partial charge is 0.0394 e. The highest BCUT2D eigenvalue weighted by Crippen LogP contribution is 2.25. The van der Waals surface area contributed by atoms with Crippen molar-refractivity contribution in [1.29, 1.82) is 0 Å². The van der Waals surface area contributed by atoms with Crippen LogP contribution in [0.25, 0.3) is 0 Å². The van der Waals surface area contributed by atoms with E-state index in [1.807, 2.05) is 24.6 Å². The van der Waals surface area contributed by atoms with Crippen molar-refractivity contribution in [1.82, 2.24) is 4.98 Å². The first kappa shape index (κ1) is 7.35. The Kier molecular flexibility index (Phi) is 1.81. The van der Waals surface area contributed by atoms with Gasteiger partial charge in [0.25, 0.3) is 0 Å². The van der Waals surface area contributed by atoms with Gasteiger partial charge in [0.1, 0.15) is 0 Å². The Hall–Kier alpha value is -0.760. The van der Waals surface area contributed by atoms with E-state index in [1.54, 1.807) is 6.20 Å². The van der Waals surface area contributed by atoms with E-state index in [0.717, 1.165) is 4.90 Å². The van der Waals surface area contributed by atoms with Crippen LogP contribution in [0.2, 0.25) is 0 Å². The van der Waals surface area contributed by atoms with Gasteiger partial charge in [-0.25, -0.2) is 0 Å². The van der Waals surface area contributed by atoms with Crippen LogP contribution in [0.1, 0.15) is 0 Å². The van der Waals surface area contributed by atoms with E-state index in [2.05, 4.69) is 16.7 Å². The van der Waals surface area contributed by atoms with Crippen molar-refractivity contribution in [3.63, 3.8) is 0 Å². The van der Waals surface area contributed by atoms with Crippen molar-refractivity contribution in [2.45, 2.75) is 4.90 Å². The summed E-state index contributed by atoms with van der Waals surface area (Å²) in [7, 11) is -1.07. The lowest BCUT2D eigenvalue weighted by Gasteiger charge is -2.04. The van der Waals surface area contributed by atoms with Gasteiger partial charge in [0.05, 0.1) is 0 Å². The Labute approximate surface area is 62.2 Å². The average molecular weight is 153 g/mol. The van der Waals surface area contributed by atoms with Gasteiger partial charge < -0.3 is 0 Å². The first-order valence-electron chi connectivity index (χ1n) is 2.95. The van der Waals surface area contributed by atoms with Gasteiger partial charge in [0, 0.05) is 17.3 Å². The van der Waals surface area contributed by atoms with E-state index < -0.39 is 9.21 Å². The van der Waals surface area contributed by atoms with Crippen LogP contribution in [0.4, 0.5) is 0 Å². The number of pyridine rings is 1. The highest BCUT2D eigenvalue weighted by atomic mass is 32.2. The van der Waals surface area contributed by atoms with Crippen LogP contribution in [0.15, 0.2) is 29.4 Å². The number of aromatic nitrogens is 1. The van der Waals surface area contributed by atoms with Crippen LogP contribution in [0, 0.1) is 0 Å². The summed E-state index contributed by atoms with van der Waals surface area (Å²) in [5.41, 5.74) is 0. The largest absolute Gasteiger partial charge is 0.264 e. The van der Waals surface area contributed by atoms with Crippen LogP contribution >= 0.6 is 9.21 Å². The molecule has 0 aromatic carbocycles. The molecule has 0 amide bonds. The molecule has 0 aliphatic rings. The molecule has 2 heteroatoms. The summed E-state index contributed by atoms with van der Waals surface area (Å²) in [5, 5.41) is 0. The molecule has 10 heavy (non-hydrogen) atoms. The molecule has 1 aromatic rings. The lowest BCUT2D eigenvalue weighted by molar-refractivity contribution is 1.24. The van der Waals surface area contributed by atoms with E-state index in [9.17, 15) is 0 Å². The van der Waals surface area contributed by atoms with Gasteiger partial charge in [-0.3, -0.25) is 4.98 Å². The third kappa shape index (κ3) is 1.61. The maximum Gasteiger partial charge on any atom is 0.0394 e. The zero-order valence-corrected chi connectivity index (χ0v) is 6.90. The first-order chi connectivity index (χ1) is 4.61. The molecule has 0 saturated carbocycles. The summed E-state index contributed by atoms with van der Waals surface area (Å²) in [6, 6.07) is 3.93. The maximum absolute atomic E-state index is 3.99. The highest BCUT2D eigenvalue weighted by molar-refractivity contribution is 8.27. The SMILES string of the molecule is C=S(=C)(C)c1cccnc1. The molecule has 54 valence electrons. The second-order valence-corrected chi connectivity index (χ2v) is 5.48. The van der Waals surface area contributed by atoms with Crippen molar-refractivity contribution in [2.75, 3.05) is 6.26 Å². The van der Waals surface area contributed by atoms with Crippen LogP contribution in [0.3, 0.4) is 0 Å². The van der Waals surface area contributed by atoms with Crippen molar-refractivity contribution < 1.29 is 0 Å². The standard InChI is InChI=1S/C8H11NS/c1-10(2,3)8-5-4-6-9-7-8/h4-7H,1-2H2,3H3. The predicted octanol–water partition coefficient (Wildman–Crippen LogP) is 1.74. The van der Waals surface area contributed by atoms with Crippen LogP contribution < -0.4 is 0 Å². The molecule has 1 aromatic heterocycles. The maximum atomic E-state index is 3.99. The lowest BCUT2D eigenvalue weighted by atomic mass is 10.5. The zero-order chi connectivity index (χ0) is 7.61. The van der Waals surface area contributed by atoms with Gasteiger partial charge in [-0.1, -0.05) is 11.7 Å². The summed E-state index contributed by atoms with van der Waals surface area (Å²) >= 11 is 0. The molecule has 0 saturated heterocycles. The van der Waals surface area contributed by atoms with Crippen LogP contribution in [-0.4, -0.2) is 23.0 Å². The molecule has 0 aliphatic carbocycles. The zero-order valence-electron chi connectivity index (χ0n) is 6.08. The fourth-order valence-corrected chi connectivity index (χ4v) is 1.36. The molecule has 0 N–H and O–H groups in total. The Bertz CT molecular complexity index is 297. The van der Waals surface area contributed by atoms with Gasteiger partial charge in [-0.15, -0.1) is 0 Å². The monoisotopic (exact) mass is 153 g/mol. The first-order valence-corrected chi connectivity index (χ1v) is 5.33. The molecule has 0 fully saturated rings. The summed E-state index contributed by atoms with van der Waals surface area (Å²) in [5.74, 6) is 7.95. The molecule has 1 nitrogen and oxygen atoms in total. The Morgan fingerprint density at radius 1 is 1.50 bits per heavy atom. The predicted molar refractivity (Wildman–Crippen MR) is 50.3 cm³/mol. The fourth-order valence-electron chi connectivity index (χ4n) is 0.639. The second kappa shape index (κ2) is 2.46. The second-order valence-electron chi connectivity index (χ2n) is 2.46. The molecule has 0 unspecified atom stereocenters. The summed E-state index contributed by atoms with van der Waals surface area (Å²) in [6.07, 6.45) is 5.63. The normalized spacial score (nSPS) is 11.3. The van der Waals surface area contributed by atoms with Gasteiger partial charge >= 0.3 is 0 Å². The minimum atomic E-state index is -1.07. The van der Waals surface area contributed by atoms with Crippen LogP contribution in [0.5, 0.6) is 0 Å². The summed E-state index contributed by atoms with van der Waals surface area (Å²) in [4.78, 5) is 5.14. The van der Waals surface area contributed by atoms with Gasteiger partial charge in [-0.05, 0) is 18.4 Å². The Morgan fingerprint density at radius 2 is 2.20 bits per heavy atom. The van der Waals surface area contributed by atoms with Gasteiger partial charge in [0.15, 0.2) is 0 Å². The third-order valence-electron chi connectivity index (χ3n) is 1.20. The lowest BCUT2D eigenvalue weighted by Crippen LogP contribution is -1.78. The molecule has 1 heterocycles. The Balaban J connectivity index is 3.22. The molecule has 0 spiro atoms. The van der Waals surface area contributed by atoms with Crippen molar-refractivity contribution in [3.8, 4) is 0 Å². The van der Waals surface area contributed by atoms with Gasteiger partial charge in [-0.2, -0.15) is 9.21 Å². The third-order valence-corrected chi connectivity index (χ3v) is 2.58. The number of nitrogens with zero attached hydrogens (tertiary/aromatic N) is 1. The molecule has 0 radical (unpaired) electrons. The van der Waals surface area contributed by atoms with Crippen molar-refractivity contribution in [2.24, 2.45) is 0 Å². The number of rotatable bonds is 1. The number of hydrogen-bond acceptors (Lipinski definition) is 1. The summed E-state index contributed by atoms with van der Waals surface area (Å²) < 4.78 is 0. The highest BCUT2D eigenvalue weighted by Gasteiger charge is 1.91. The van der Waals surface area contributed by atoms with Crippen LogP contribution in [-0.2, 0) is 0 Å². The van der Waals surface area contributed by atoms with E-state index in [-0.39, 0.29) is 0 Å². The Morgan fingerprint density at radius 3 is 2.50 bits per heavy atom. The van der Waals surface area contributed by atoms with Crippen molar-refractivity contribution >= 4 is 20.9 Å². The minimum absolute atomic E-state index is 1.07. The quantitative estimate of drug-likeness (QED) is 0.560. The molecule has 1 rings (SSSR count). The van der Waals surface area contributed by atoms with Crippen molar-refractivity contribution in [3.05, 3.63) is 24.5 Å². The van der Waals surface area contributed by atoms with E-state index >= 15 is 0 Å². The van der Waals surface area contributed by atoms with E-state index in [4.69, 9.17) is 0 Å². The molecular formula is C8H11NS. The summed E-state index contributed by atoms with van der Waals surface area (Å²) in [6.45, 7) is 0. The van der Waals surface area contributed by atoms with E-state index in [0.29, 0.717) is 0 Å². The topological polar surface area (TPSA) is 12.9 Å². The molecule has 0 aliphatic heterocycles. The minimum Gasteiger partial charge on any atom is -0.264 e. The average Bonchev–Trinajstić information content (AvgIpc) is 1.88. The fraction of sp³-hybridized carbons (Fsp3) is 0.125. The number of hydrogen-bond donors (Lipinski definition) is 0. The molecule has 0 atom stereocenters. The van der Waals surface area contributed by atoms with E-state index in [1.165, 1.54) is 0 Å². The molecular weight excluding hydrogens is 142 g/mol. The van der Waals surface area contributed by atoms with Gasteiger partial charge in [0.2, 0.25) is 0 Å².